The fourth-order valence-corrected chi connectivity index (χ4v) is 6.71. The molecule has 5 rings (SSSR count). The summed E-state index contributed by atoms with van der Waals surface area (Å²) in [6.45, 7) is 0.363. The van der Waals surface area contributed by atoms with E-state index >= 15 is 0 Å². The van der Waals surface area contributed by atoms with E-state index in [1.807, 2.05) is 0 Å². The summed E-state index contributed by atoms with van der Waals surface area (Å²) < 4.78 is 62.2. The molecule has 41 heavy (non-hydrogen) atoms. The van der Waals surface area contributed by atoms with Gasteiger partial charge in [-0.1, -0.05) is 11.6 Å². The number of piperazine rings is 1. The Balaban J connectivity index is 1.39. The molecule has 2 aliphatic rings. The molecule has 1 aliphatic heterocycles. The van der Waals surface area contributed by atoms with E-state index in [0.717, 1.165) is 48.7 Å². The lowest BCUT2D eigenvalue weighted by atomic mass is 10.2. The van der Waals surface area contributed by atoms with E-state index in [1.165, 1.54) is 16.6 Å². The molecule has 218 valence electrons. The van der Waals surface area contributed by atoms with Gasteiger partial charge in [-0.15, -0.1) is 0 Å². The van der Waals surface area contributed by atoms with Gasteiger partial charge in [-0.05, 0) is 53.8 Å². The highest BCUT2D eigenvalue weighted by Gasteiger charge is 2.32. The van der Waals surface area contributed by atoms with Crippen molar-refractivity contribution < 1.29 is 26.9 Å². The third-order valence-corrected chi connectivity index (χ3v) is 9.02. The monoisotopic (exact) mass is 610 g/mol. The number of anilines is 1. The average Bonchev–Trinajstić information content (AvgIpc) is 3.42. The maximum Gasteiger partial charge on any atom is 0.367 e. The fourth-order valence-electron chi connectivity index (χ4n) is 5.02. The summed E-state index contributed by atoms with van der Waals surface area (Å²) in [4.78, 5) is 29.5. The summed E-state index contributed by atoms with van der Waals surface area (Å²) >= 11 is 5.89. The van der Waals surface area contributed by atoms with E-state index in [0.29, 0.717) is 11.8 Å². The van der Waals surface area contributed by atoms with Crippen molar-refractivity contribution in [2.24, 2.45) is 0 Å². The third-order valence-electron chi connectivity index (χ3n) is 6.99. The van der Waals surface area contributed by atoms with Gasteiger partial charge in [-0.25, -0.2) is 17.2 Å². The SMILES string of the molecule is O=c1c(OC2CCCC2)c(N2CCN(S(=O)(=O)Cc3cc(Cl)cnc3[N+](=O)[O-])CC2)cnn1-c1cc(F)cc(F)c1. The quantitative estimate of drug-likeness (QED) is 0.277. The predicted octanol–water partition coefficient (Wildman–Crippen LogP) is 3.44. The van der Waals surface area contributed by atoms with Gasteiger partial charge in [-0.3, -0.25) is 4.79 Å². The maximum absolute atomic E-state index is 13.9. The van der Waals surface area contributed by atoms with Gasteiger partial charge in [0.1, 0.15) is 17.3 Å². The van der Waals surface area contributed by atoms with Crippen molar-refractivity contribution >= 4 is 33.1 Å². The van der Waals surface area contributed by atoms with Gasteiger partial charge in [0.05, 0.1) is 34.3 Å². The molecule has 2 fully saturated rings. The van der Waals surface area contributed by atoms with Crippen LogP contribution >= 0.6 is 11.6 Å². The second-order valence-electron chi connectivity index (χ2n) is 9.76. The molecule has 0 unspecified atom stereocenters. The van der Waals surface area contributed by atoms with Crippen molar-refractivity contribution in [3.05, 3.63) is 79.3 Å². The van der Waals surface area contributed by atoms with Crippen LogP contribution in [0.2, 0.25) is 5.02 Å². The molecular weight excluding hydrogens is 586 g/mol. The first-order valence-electron chi connectivity index (χ1n) is 12.8. The molecule has 0 atom stereocenters. The number of sulfonamides is 1. The van der Waals surface area contributed by atoms with E-state index < -0.39 is 43.7 Å². The first kappa shape index (κ1) is 28.8. The lowest BCUT2D eigenvalue weighted by Gasteiger charge is -2.36. The van der Waals surface area contributed by atoms with Gasteiger partial charge in [-0.2, -0.15) is 14.1 Å². The third kappa shape index (κ3) is 6.31. The van der Waals surface area contributed by atoms with Gasteiger partial charge in [0.2, 0.25) is 15.8 Å². The number of nitro groups is 1. The Morgan fingerprint density at radius 2 is 1.71 bits per heavy atom. The second kappa shape index (κ2) is 11.7. The molecule has 3 aromatic rings. The molecule has 0 spiro atoms. The van der Waals surface area contributed by atoms with Crippen LogP contribution in [0.3, 0.4) is 0 Å². The fraction of sp³-hybridized carbons (Fsp3) is 0.400. The van der Waals surface area contributed by atoms with E-state index in [4.69, 9.17) is 16.3 Å². The Hall–Kier alpha value is -3.69. The number of aromatic nitrogens is 3. The van der Waals surface area contributed by atoms with Crippen LogP contribution in [0.4, 0.5) is 20.3 Å². The summed E-state index contributed by atoms with van der Waals surface area (Å²) in [5, 5.41) is 15.5. The topological polar surface area (TPSA) is 141 Å². The van der Waals surface area contributed by atoms with Gasteiger partial charge in [0, 0.05) is 32.2 Å². The number of nitrogens with zero attached hydrogens (tertiary/aromatic N) is 6. The molecule has 2 aromatic heterocycles. The molecule has 3 heterocycles. The standard InChI is InChI=1S/C25H25ClF2N6O6S/c26-17-9-16(24(29-13-17)34(36)37)15-41(38,39)32-7-5-31(6-8-32)22-14-30-33(20-11-18(27)10-19(28)12-20)25(35)23(22)40-21-3-1-2-4-21/h9-14,21H,1-8,15H2. The number of halogens is 3. The van der Waals surface area contributed by atoms with Crippen LogP contribution in [0.5, 0.6) is 5.75 Å². The number of ether oxygens (including phenoxy) is 1. The molecule has 0 N–H and O–H groups in total. The summed E-state index contributed by atoms with van der Waals surface area (Å²) in [5.41, 5.74) is -0.591. The molecule has 0 radical (unpaired) electrons. The van der Waals surface area contributed by atoms with E-state index in [1.54, 1.807) is 4.90 Å². The summed E-state index contributed by atoms with van der Waals surface area (Å²) in [6, 6.07) is 3.87. The number of pyridine rings is 1. The Kier molecular flexibility index (Phi) is 8.20. The van der Waals surface area contributed by atoms with Crippen LogP contribution in [0.1, 0.15) is 31.2 Å². The van der Waals surface area contributed by atoms with E-state index in [9.17, 15) is 32.1 Å². The van der Waals surface area contributed by atoms with E-state index in [2.05, 4.69) is 10.1 Å². The van der Waals surface area contributed by atoms with Crippen LogP contribution in [0.15, 0.2) is 41.5 Å². The lowest BCUT2D eigenvalue weighted by molar-refractivity contribution is -0.390. The first-order valence-corrected chi connectivity index (χ1v) is 14.8. The average molecular weight is 611 g/mol. The van der Waals surface area contributed by atoms with Crippen LogP contribution in [-0.4, -0.2) is 64.7 Å². The van der Waals surface area contributed by atoms with Crippen molar-refractivity contribution in [2.75, 3.05) is 31.1 Å². The number of hydrogen-bond acceptors (Lipinski definition) is 9. The highest BCUT2D eigenvalue weighted by molar-refractivity contribution is 7.88. The Morgan fingerprint density at radius 3 is 2.34 bits per heavy atom. The number of benzene rings is 1. The first-order chi connectivity index (χ1) is 19.5. The summed E-state index contributed by atoms with van der Waals surface area (Å²) in [7, 11) is -3.98. The molecule has 1 aliphatic carbocycles. The molecule has 16 heteroatoms. The summed E-state index contributed by atoms with van der Waals surface area (Å²) in [6.07, 6.45) is 5.58. The predicted molar refractivity (Wildman–Crippen MR) is 145 cm³/mol. The Bertz CT molecular complexity index is 1620. The number of rotatable bonds is 8. The molecule has 0 bridgehead atoms. The minimum Gasteiger partial charge on any atom is -0.483 e. The van der Waals surface area contributed by atoms with E-state index in [-0.39, 0.29) is 54.3 Å². The van der Waals surface area contributed by atoms with Crippen LogP contribution in [0, 0.1) is 21.7 Å². The highest BCUT2D eigenvalue weighted by atomic mass is 35.5. The van der Waals surface area contributed by atoms with Crippen LogP contribution in [-0.2, 0) is 15.8 Å². The summed E-state index contributed by atoms with van der Waals surface area (Å²) in [5.74, 6) is -3.02. The molecule has 12 nitrogen and oxygen atoms in total. The second-order valence-corrected chi connectivity index (χ2v) is 12.2. The molecule has 1 saturated heterocycles. The van der Waals surface area contributed by atoms with Gasteiger partial charge >= 0.3 is 11.4 Å². The zero-order chi connectivity index (χ0) is 29.3. The highest BCUT2D eigenvalue weighted by Crippen LogP contribution is 2.31. The van der Waals surface area contributed by atoms with Crippen molar-refractivity contribution in [1.29, 1.82) is 0 Å². The molecular formula is C25H25ClF2N6O6S. The molecule has 0 amide bonds. The lowest BCUT2D eigenvalue weighted by Crippen LogP contribution is -2.49. The van der Waals surface area contributed by atoms with Gasteiger partial charge in [0.15, 0.2) is 6.20 Å². The van der Waals surface area contributed by atoms with Crippen molar-refractivity contribution in [3.63, 3.8) is 0 Å². The van der Waals surface area contributed by atoms with Crippen molar-refractivity contribution in [2.45, 2.75) is 37.5 Å². The number of hydrogen-bond donors (Lipinski definition) is 0. The zero-order valence-electron chi connectivity index (χ0n) is 21.6. The van der Waals surface area contributed by atoms with Crippen LogP contribution in [0.25, 0.3) is 5.69 Å². The Morgan fingerprint density at radius 1 is 1.05 bits per heavy atom. The van der Waals surface area contributed by atoms with Gasteiger partial charge < -0.3 is 19.8 Å². The molecule has 1 saturated carbocycles. The molecule has 1 aromatic carbocycles. The minimum absolute atomic E-state index is 0.0190. The largest absolute Gasteiger partial charge is 0.483 e. The van der Waals surface area contributed by atoms with Gasteiger partial charge in [0.25, 0.3) is 0 Å². The smallest absolute Gasteiger partial charge is 0.367 e. The zero-order valence-corrected chi connectivity index (χ0v) is 23.2. The van der Waals surface area contributed by atoms with Crippen LogP contribution < -0.4 is 15.2 Å². The minimum atomic E-state index is -3.98. The maximum atomic E-state index is 13.9. The Labute approximate surface area is 238 Å². The normalized spacial score (nSPS) is 16.7. The van der Waals surface area contributed by atoms with Crippen molar-refractivity contribution in [3.8, 4) is 11.4 Å². The van der Waals surface area contributed by atoms with Crippen molar-refractivity contribution in [1.82, 2.24) is 19.1 Å².